The molecule has 2 fully saturated rings. The molecule has 0 heterocycles. The molecule has 1 N–H and O–H groups in total. The van der Waals surface area contributed by atoms with Gasteiger partial charge in [-0.25, -0.2) is 0 Å². The Morgan fingerprint density at radius 3 is 2.50 bits per heavy atom. The fraction of sp³-hybridized carbons (Fsp3) is 0.667. The summed E-state index contributed by atoms with van der Waals surface area (Å²) in [5, 5.41) is 4.80. The maximum absolute atomic E-state index is 6.29. The van der Waals surface area contributed by atoms with Crippen molar-refractivity contribution in [3.8, 4) is 0 Å². The molecule has 1 nitrogen and oxygen atoms in total. The number of benzene rings is 1. The van der Waals surface area contributed by atoms with Gasteiger partial charge in [-0.3, -0.25) is 0 Å². The van der Waals surface area contributed by atoms with Crippen LogP contribution in [0.15, 0.2) is 24.3 Å². The lowest BCUT2D eigenvalue weighted by Gasteiger charge is -2.40. The summed E-state index contributed by atoms with van der Waals surface area (Å²) in [6, 6.07) is 9.72. The largest absolute Gasteiger partial charge is 0.311 e. The number of halogens is 1. The van der Waals surface area contributed by atoms with E-state index in [2.05, 4.69) is 24.4 Å². The second-order valence-corrected chi connectivity index (χ2v) is 7.15. The van der Waals surface area contributed by atoms with Crippen LogP contribution >= 0.6 is 11.6 Å². The third-order valence-electron chi connectivity index (χ3n) is 5.34. The number of rotatable bonds is 4. The summed E-state index contributed by atoms with van der Waals surface area (Å²) in [7, 11) is 0. The average Bonchev–Trinajstić information content (AvgIpc) is 2.44. The van der Waals surface area contributed by atoms with Gasteiger partial charge in [0.2, 0.25) is 0 Å². The van der Waals surface area contributed by atoms with Gasteiger partial charge in [-0.1, -0.05) is 49.1 Å². The zero-order valence-corrected chi connectivity index (χ0v) is 13.2. The highest BCUT2D eigenvalue weighted by atomic mass is 35.5. The molecule has 110 valence electrons. The van der Waals surface area contributed by atoms with Gasteiger partial charge in [0, 0.05) is 17.1 Å². The number of nitrogens with one attached hydrogen (secondary N) is 1. The van der Waals surface area contributed by atoms with Crippen LogP contribution in [0.4, 0.5) is 0 Å². The predicted octanol–water partition coefficient (Wildman–Crippen LogP) is 5.14. The van der Waals surface area contributed by atoms with Crippen LogP contribution in [0.1, 0.15) is 63.4 Å². The van der Waals surface area contributed by atoms with Crippen LogP contribution in [0.5, 0.6) is 0 Å². The lowest BCUT2D eigenvalue weighted by molar-refractivity contribution is 0.211. The van der Waals surface area contributed by atoms with Crippen molar-refractivity contribution in [2.75, 3.05) is 0 Å². The van der Waals surface area contributed by atoms with Gasteiger partial charge in [-0.2, -0.15) is 0 Å². The topological polar surface area (TPSA) is 12.0 Å². The fourth-order valence-electron chi connectivity index (χ4n) is 3.96. The maximum Gasteiger partial charge on any atom is 0.0440 e. The second kappa shape index (κ2) is 6.49. The number of hydrogen-bond donors (Lipinski definition) is 1. The van der Waals surface area contributed by atoms with Crippen molar-refractivity contribution in [3.63, 3.8) is 0 Å². The molecule has 0 unspecified atom stereocenters. The Morgan fingerprint density at radius 1 is 1.10 bits per heavy atom. The van der Waals surface area contributed by atoms with Crippen molar-refractivity contribution in [2.45, 2.75) is 69.9 Å². The van der Waals surface area contributed by atoms with Gasteiger partial charge < -0.3 is 5.32 Å². The first kappa shape index (κ1) is 14.4. The molecule has 1 aromatic rings. The Labute approximate surface area is 128 Å². The van der Waals surface area contributed by atoms with E-state index in [4.69, 9.17) is 11.6 Å². The highest BCUT2D eigenvalue weighted by Crippen LogP contribution is 2.40. The van der Waals surface area contributed by atoms with E-state index in [1.54, 1.807) is 0 Å². The second-order valence-electron chi connectivity index (χ2n) is 6.74. The van der Waals surface area contributed by atoms with Gasteiger partial charge in [0.25, 0.3) is 0 Å². The molecule has 0 aliphatic heterocycles. The normalized spacial score (nSPS) is 28.9. The summed E-state index contributed by atoms with van der Waals surface area (Å²) < 4.78 is 0. The Bertz CT molecular complexity index is 433. The van der Waals surface area contributed by atoms with E-state index in [9.17, 15) is 0 Å². The van der Waals surface area contributed by atoms with Gasteiger partial charge in [-0.05, 0) is 56.1 Å². The van der Waals surface area contributed by atoms with Crippen LogP contribution in [-0.4, -0.2) is 12.1 Å². The molecule has 0 aromatic heterocycles. The zero-order valence-electron chi connectivity index (χ0n) is 12.4. The van der Waals surface area contributed by atoms with Crippen LogP contribution in [0.3, 0.4) is 0 Å². The summed E-state index contributed by atoms with van der Waals surface area (Å²) in [6.45, 7) is 2.39. The monoisotopic (exact) mass is 291 g/mol. The van der Waals surface area contributed by atoms with E-state index in [0.717, 1.165) is 10.9 Å². The summed E-state index contributed by atoms with van der Waals surface area (Å²) in [6.07, 6.45) is 9.67. The SMILES string of the molecule is C[C@@H](NC1CC(c2ccccc2Cl)C1)C1CCCCC1. The highest BCUT2D eigenvalue weighted by molar-refractivity contribution is 6.31. The Balaban J connectivity index is 1.47. The molecule has 3 rings (SSSR count). The van der Waals surface area contributed by atoms with Crippen LogP contribution in [-0.2, 0) is 0 Å². The molecule has 1 aromatic carbocycles. The van der Waals surface area contributed by atoms with Crippen LogP contribution in [0.25, 0.3) is 0 Å². The van der Waals surface area contributed by atoms with E-state index >= 15 is 0 Å². The van der Waals surface area contributed by atoms with Crippen molar-refractivity contribution >= 4 is 11.6 Å². The highest BCUT2D eigenvalue weighted by Gasteiger charge is 2.33. The van der Waals surface area contributed by atoms with E-state index in [0.29, 0.717) is 18.0 Å². The van der Waals surface area contributed by atoms with Gasteiger partial charge in [0.05, 0.1) is 0 Å². The first-order valence-electron chi connectivity index (χ1n) is 8.24. The van der Waals surface area contributed by atoms with Crippen molar-refractivity contribution in [1.29, 1.82) is 0 Å². The molecule has 0 spiro atoms. The minimum atomic E-state index is 0.666. The molecule has 2 aliphatic rings. The lowest BCUT2D eigenvalue weighted by Crippen LogP contribution is -2.47. The first-order valence-corrected chi connectivity index (χ1v) is 8.62. The minimum absolute atomic E-state index is 0.666. The molecule has 0 saturated heterocycles. The molecule has 0 radical (unpaired) electrons. The Morgan fingerprint density at radius 2 is 1.80 bits per heavy atom. The zero-order chi connectivity index (χ0) is 13.9. The molecule has 2 saturated carbocycles. The molecule has 2 aliphatic carbocycles. The van der Waals surface area contributed by atoms with Gasteiger partial charge in [-0.15, -0.1) is 0 Å². The van der Waals surface area contributed by atoms with Crippen LogP contribution < -0.4 is 5.32 Å². The van der Waals surface area contributed by atoms with E-state index in [1.165, 1.54) is 50.5 Å². The van der Waals surface area contributed by atoms with Gasteiger partial charge >= 0.3 is 0 Å². The fourth-order valence-corrected chi connectivity index (χ4v) is 4.25. The quantitative estimate of drug-likeness (QED) is 0.809. The van der Waals surface area contributed by atoms with Crippen LogP contribution in [0, 0.1) is 5.92 Å². The number of hydrogen-bond acceptors (Lipinski definition) is 1. The van der Waals surface area contributed by atoms with Gasteiger partial charge in [0.1, 0.15) is 0 Å². The van der Waals surface area contributed by atoms with Crippen LogP contribution in [0.2, 0.25) is 5.02 Å². The van der Waals surface area contributed by atoms with Crippen molar-refractivity contribution in [2.24, 2.45) is 5.92 Å². The molecule has 1 atom stereocenters. The van der Waals surface area contributed by atoms with E-state index in [1.807, 2.05) is 12.1 Å². The standard InChI is InChI=1S/C18H26ClN/c1-13(14-7-3-2-4-8-14)20-16-11-15(12-16)17-9-5-6-10-18(17)19/h5-6,9-10,13-16,20H,2-4,7-8,11-12H2,1H3/t13-,15?,16?/m1/s1. The van der Waals surface area contributed by atoms with Gasteiger partial charge in [0.15, 0.2) is 0 Å². The van der Waals surface area contributed by atoms with Crippen molar-refractivity contribution in [3.05, 3.63) is 34.9 Å². The Hall–Kier alpha value is -0.530. The first-order chi connectivity index (χ1) is 9.74. The molecule has 2 heteroatoms. The lowest BCUT2D eigenvalue weighted by atomic mass is 9.75. The molecule has 0 amide bonds. The Kier molecular flexibility index (Phi) is 4.68. The smallest absolute Gasteiger partial charge is 0.0440 e. The molecule has 0 bridgehead atoms. The minimum Gasteiger partial charge on any atom is -0.311 e. The molecular weight excluding hydrogens is 266 g/mol. The summed E-state index contributed by atoms with van der Waals surface area (Å²) in [4.78, 5) is 0. The predicted molar refractivity (Wildman–Crippen MR) is 86.4 cm³/mol. The third kappa shape index (κ3) is 3.20. The van der Waals surface area contributed by atoms with E-state index < -0.39 is 0 Å². The summed E-state index contributed by atoms with van der Waals surface area (Å²) >= 11 is 6.29. The average molecular weight is 292 g/mol. The van der Waals surface area contributed by atoms with E-state index in [-0.39, 0.29) is 0 Å². The summed E-state index contributed by atoms with van der Waals surface area (Å²) in [5.74, 6) is 1.57. The third-order valence-corrected chi connectivity index (χ3v) is 5.68. The maximum atomic E-state index is 6.29. The van der Waals surface area contributed by atoms with Crippen molar-refractivity contribution < 1.29 is 0 Å². The van der Waals surface area contributed by atoms with Crippen molar-refractivity contribution in [1.82, 2.24) is 5.32 Å². The molecular formula is C18H26ClN. The summed E-state index contributed by atoms with van der Waals surface area (Å²) in [5.41, 5.74) is 1.34. The molecule has 20 heavy (non-hydrogen) atoms.